The SMILES string of the molecule is COC(=O)c1ccc(NS(=O)(=O)c2ccc(NC(=O)c3ccccc3F)c(F)c2)cc1. The van der Waals surface area contributed by atoms with Gasteiger partial charge in [0.25, 0.3) is 15.9 Å². The lowest BCUT2D eigenvalue weighted by Gasteiger charge is -2.11. The summed E-state index contributed by atoms with van der Waals surface area (Å²) in [5.74, 6) is -3.25. The minimum Gasteiger partial charge on any atom is -0.465 e. The fraction of sp³-hybridized carbons (Fsp3) is 0.0476. The van der Waals surface area contributed by atoms with E-state index in [9.17, 15) is 26.8 Å². The molecule has 10 heteroatoms. The first-order valence-electron chi connectivity index (χ1n) is 8.78. The van der Waals surface area contributed by atoms with Crippen molar-refractivity contribution in [2.24, 2.45) is 0 Å². The van der Waals surface area contributed by atoms with Crippen molar-refractivity contribution in [1.82, 2.24) is 0 Å². The first-order valence-corrected chi connectivity index (χ1v) is 10.3. The van der Waals surface area contributed by atoms with Crippen LogP contribution >= 0.6 is 0 Å². The van der Waals surface area contributed by atoms with Crippen LogP contribution in [0.3, 0.4) is 0 Å². The third-order valence-corrected chi connectivity index (χ3v) is 5.55. The molecule has 0 atom stereocenters. The van der Waals surface area contributed by atoms with Gasteiger partial charge in [0, 0.05) is 5.69 Å². The summed E-state index contributed by atoms with van der Waals surface area (Å²) in [4.78, 5) is 23.2. The van der Waals surface area contributed by atoms with Crippen LogP contribution in [0, 0.1) is 11.6 Å². The van der Waals surface area contributed by atoms with Crippen LogP contribution in [0.2, 0.25) is 0 Å². The van der Waals surface area contributed by atoms with Crippen molar-refractivity contribution in [2.45, 2.75) is 4.90 Å². The van der Waals surface area contributed by atoms with Crippen molar-refractivity contribution in [1.29, 1.82) is 0 Å². The molecule has 7 nitrogen and oxygen atoms in total. The van der Waals surface area contributed by atoms with E-state index in [-0.39, 0.29) is 22.5 Å². The van der Waals surface area contributed by atoms with Crippen LogP contribution in [0.15, 0.2) is 71.6 Å². The Labute approximate surface area is 176 Å². The molecule has 0 aliphatic rings. The van der Waals surface area contributed by atoms with E-state index in [0.29, 0.717) is 0 Å². The monoisotopic (exact) mass is 446 g/mol. The zero-order chi connectivity index (χ0) is 22.6. The summed E-state index contributed by atoms with van der Waals surface area (Å²) in [7, 11) is -2.94. The van der Waals surface area contributed by atoms with Gasteiger partial charge < -0.3 is 10.1 Å². The number of halogens is 2. The lowest BCUT2D eigenvalue weighted by molar-refractivity contribution is 0.0600. The highest BCUT2D eigenvalue weighted by Crippen LogP contribution is 2.22. The molecular weight excluding hydrogens is 430 g/mol. The standard InChI is InChI=1S/C21H16F2N2O5S/c1-30-21(27)13-6-8-14(9-7-13)25-31(28,29)15-10-11-19(18(23)12-15)24-20(26)16-4-2-3-5-17(16)22/h2-12,25H,1H3,(H,24,26). The molecule has 2 N–H and O–H groups in total. The summed E-state index contributed by atoms with van der Waals surface area (Å²) in [6, 6.07) is 13.5. The Morgan fingerprint density at radius 1 is 0.903 bits per heavy atom. The quantitative estimate of drug-likeness (QED) is 0.561. The van der Waals surface area contributed by atoms with Crippen molar-refractivity contribution in [3.8, 4) is 0 Å². The number of esters is 1. The molecule has 160 valence electrons. The highest BCUT2D eigenvalue weighted by Gasteiger charge is 2.19. The van der Waals surface area contributed by atoms with Gasteiger partial charge in [-0.15, -0.1) is 0 Å². The Bertz CT molecular complexity index is 1240. The second kappa shape index (κ2) is 8.92. The van der Waals surface area contributed by atoms with Crippen LogP contribution in [0.25, 0.3) is 0 Å². The molecule has 0 radical (unpaired) electrons. The van der Waals surface area contributed by atoms with Gasteiger partial charge in [-0.3, -0.25) is 9.52 Å². The number of methoxy groups -OCH3 is 1. The maximum atomic E-state index is 14.4. The van der Waals surface area contributed by atoms with Crippen molar-refractivity contribution < 1.29 is 31.5 Å². The van der Waals surface area contributed by atoms with E-state index in [1.807, 2.05) is 0 Å². The molecule has 0 aliphatic carbocycles. The van der Waals surface area contributed by atoms with Crippen LogP contribution in [0.1, 0.15) is 20.7 Å². The maximum Gasteiger partial charge on any atom is 0.337 e. The van der Waals surface area contributed by atoms with Gasteiger partial charge in [0.2, 0.25) is 0 Å². The Hall–Kier alpha value is -3.79. The number of hydrogen-bond donors (Lipinski definition) is 2. The van der Waals surface area contributed by atoms with Gasteiger partial charge in [-0.1, -0.05) is 12.1 Å². The Balaban J connectivity index is 1.77. The molecular formula is C21H16F2N2O5S. The zero-order valence-corrected chi connectivity index (χ0v) is 16.9. The third-order valence-electron chi connectivity index (χ3n) is 4.18. The number of rotatable bonds is 6. The fourth-order valence-corrected chi connectivity index (χ4v) is 3.68. The van der Waals surface area contributed by atoms with E-state index in [2.05, 4.69) is 14.8 Å². The molecule has 3 rings (SSSR count). The Kier molecular flexibility index (Phi) is 6.30. The highest BCUT2D eigenvalue weighted by atomic mass is 32.2. The molecule has 0 fully saturated rings. The van der Waals surface area contributed by atoms with Gasteiger partial charge >= 0.3 is 5.97 Å². The minimum atomic E-state index is -4.16. The van der Waals surface area contributed by atoms with Crippen LogP contribution < -0.4 is 10.0 Å². The van der Waals surface area contributed by atoms with Gasteiger partial charge in [-0.05, 0) is 54.6 Å². The van der Waals surface area contributed by atoms with E-state index < -0.39 is 38.4 Å². The zero-order valence-electron chi connectivity index (χ0n) is 16.1. The molecule has 0 aromatic heterocycles. The van der Waals surface area contributed by atoms with E-state index in [1.165, 1.54) is 49.6 Å². The third kappa shape index (κ3) is 5.04. The van der Waals surface area contributed by atoms with Gasteiger partial charge in [-0.2, -0.15) is 0 Å². The van der Waals surface area contributed by atoms with Crippen LogP contribution in [-0.2, 0) is 14.8 Å². The number of nitrogens with one attached hydrogen (secondary N) is 2. The van der Waals surface area contributed by atoms with Gasteiger partial charge in [-0.25, -0.2) is 22.0 Å². The van der Waals surface area contributed by atoms with Gasteiger partial charge in [0.05, 0.1) is 28.8 Å². The molecule has 0 aliphatic heterocycles. The minimum absolute atomic E-state index is 0.144. The molecule has 0 heterocycles. The molecule has 0 bridgehead atoms. The second-order valence-electron chi connectivity index (χ2n) is 6.25. The summed E-state index contributed by atoms with van der Waals surface area (Å²) in [5, 5.41) is 2.21. The average molecular weight is 446 g/mol. The Morgan fingerprint density at radius 2 is 1.58 bits per heavy atom. The van der Waals surface area contributed by atoms with Crippen molar-refractivity contribution in [2.75, 3.05) is 17.1 Å². The summed E-state index contributed by atoms with van der Waals surface area (Å²) in [6.45, 7) is 0. The number of hydrogen-bond acceptors (Lipinski definition) is 5. The predicted molar refractivity (Wildman–Crippen MR) is 109 cm³/mol. The lowest BCUT2D eigenvalue weighted by Crippen LogP contribution is -2.16. The molecule has 0 saturated carbocycles. The maximum absolute atomic E-state index is 14.4. The first-order chi connectivity index (χ1) is 14.7. The molecule has 0 unspecified atom stereocenters. The number of carbonyl (C=O) groups is 2. The highest BCUT2D eigenvalue weighted by molar-refractivity contribution is 7.92. The number of carbonyl (C=O) groups excluding carboxylic acids is 2. The fourth-order valence-electron chi connectivity index (χ4n) is 2.61. The van der Waals surface area contributed by atoms with Gasteiger partial charge in [0.1, 0.15) is 11.6 Å². The van der Waals surface area contributed by atoms with E-state index in [1.54, 1.807) is 0 Å². The topological polar surface area (TPSA) is 102 Å². The predicted octanol–water partition coefficient (Wildman–Crippen LogP) is 3.80. The lowest BCUT2D eigenvalue weighted by atomic mass is 10.2. The van der Waals surface area contributed by atoms with Crippen molar-refractivity contribution >= 4 is 33.3 Å². The van der Waals surface area contributed by atoms with Crippen molar-refractivity contribution in [3.63, 3.8) is 0 Å². The summed E-state index contributed by atoms with van der Waals surface area (Å²) < 4.78 is 60.0. The van der Waals surface area contributed by atoms with Crippen LogP contribution in [0.5, 0.6) is 0 Å². The average Bonchev–Trinajstić information content (AvgIpc) is 2.75. The molecule has 0 saturated heterocycles. The van der Waals surface area contributed by atoms with E-state index in [0.717, 1.165) is 24.3 Å². The van der Waals surface area contributed by atoms with Gasteiger partial charge in [0.15, 0.2) is 0 Å². The van der Waals surface area contributed by atoms with E-state index >= 15 is 0 Å². The summed E-state index contributed by atoms with van der Waals surface area (Å²) in [6.07, 6.45) is 0. The van der Waals surface area contributed by atoms with Crippen LogP contribution in [-0.4, -0.2) is 27.4 Å². The van der Waals surface area contributed by atoms with Crippen LogP contribution in [0.4, 0.5) is 20.2 Å². The smallest absolute Gasteiger partial charge is 0.337 e. The molecule has 3 aromatic carbocycles. The molecule has 1 amide bonds. The van der Waals surface area contributed by atoms with Crippen molar-refractivity contribution in [3.05, 3.63) is 89.5 Å². The number of sulfonamides is 1. The normalized spacial score (nSPS) is 10.9. The largest absolute Gasteiger partial charge is 0.465 e. The molecule has 0 spiro atoms. The summed E-state index contributed by atoms with van der Waals surface area (Å²) in [5.41, 5.74) is -0.221. The Morgan fingerprint density at radius 3 is 2.19 bits per heavy atom. The molecule has 3 aromatic rings. The molecule has 31 heavy (non-hydrogen) atoms. The first kappa shape index (κ1) is 21.9. The summed E-state index contributed by atoms with van der Waals surface area (Å²) >= 11 is 0. The second-order valence-corrected chi connectivity index (χ2v) is 7.93. The van der Waals surface area contributed by atoms with E-state index in [4.69, 9.17) is 0 Å². The number of ether oxygens (including phenoxy) is 1. The number of anilines is 2. The number of amides is 1. The number of benzene rings is 3.